The molecule has 0 saturated carbocycles. The maximum atomic E-state index is 10.0. The zero-order valence-electron chi connectivity index (χ0n) is 11.6. The molecule has 0 N–H and O–H groups in total. The molecule has 0 aliphatic carbocycles. The molecule has 0 heterocycles. The van der Waals surface area contributed by atoms with Crippen LogP contribution in [0.15, 0.2) is 60.7 Å². The molecule has 0 fully saturated rings. The molecule has 0 saturated heterocycles. The molecule has 0 unspecified atom stereocenters. The number of benzene rings is 2. The number of hydrogen-bond acceptors (Lipinski definition) is 8. The van der Waals surface area contributed by atoms with Gasteiger partial charge in [0, 0.05) is 0 Å². The van der Waals surface area contributed by atoms with E-state index in [2.05, 4.69) is 8.37 Å². The molecule has 0 bridgehead atoms. The van der Waals surface area contributed by atoms with Gasteiger partial charge in [0.15, 0.2) is 0 Å². The summed E-state index contributed by atoms with van der Waals surface area (Å²) in [5.74, 6) is 0.0602. The normalized spacial score (nSPS) is 10.5. The summed E-state index contributed by atoms with van der Waals surface area (Å²) in [5, 5.41) is 0. The van der Waals surface area contributed by atoms with Crippen LogP contribution in [0.1, 0.15) is 0 Å². The fraction of sp³-hybridized carbons (Fsp3) is 0. The van der Waals surface area contributed by atoms with Gasteiger partial charge in [-0.05, 0) is 24.3 Å². The molecule has 0 spiro atoms. The second-order valence-corrected chi connectivity index (χ2v) is 5.58. The van der Waals surface area contributed by atoms with Crippen molar-refractivity contribution in [3.05, 3.63) is 60.7 Å². The second kappa shape index (κ2) is 9.70. The summed E-state index contributed by atoms with van der Waals surface area (Å²) in [4.78, 5) is 0. The average Bonchev–Trinajstić information content (AvgIpc) is 2.38. The molecule has 0 aliphatic heterocycles. The summed E-state index contributed by atoms with van der Waals surface area (Å²) in [6, 6.07) is 15.2. The van der Waals surface area contributed by atoms with Crippen LogP contribution >= 0.6 is 0 Å². The zero-order chi connectivity index (χ0) is 16.6. The standard InChI is InChI=1S/2C6H6O4S.Mg/c2*7-11(8,9)10-6-4-2-1-3-5-6;/h2*1-5H,(H,7,8,9);/q;;+2/p-2. The molecule has 0 radical (unpaired) electrons. The Hall–Kier alpha value is -1.37. The van der Waals surface area contributed by atoms with Crippen molar-refractivity contribution in [1.82, 2.24) is 0 Å². The smallest absolute Gasteiger partial charge is 0.716 e. The van der Waals surface area contributed by atoms with E-state index in [-0.39, 0.29) is 34.6 Å². The molecular weight excluding hydrogens is 361 g/mol. The molecule has 8 nitrogen and oxygen atoms in total. The monoisotopic (exact) mass is 370 g/mol. The van der Waals surface area contributed by atoms with Crippen LogP contribution in [0.3, 0.4) is 0 Å². The van der Waals surface area contributed by atoms with Crippen LogP contribution in [0.25, 0.3) is 0 Å². The Bertz CT molecular complexity index is 707. The zero-order valence-corrected chi connectivity index (χ0v) is 14.6. The van der Waals surface area contributed by atoms with Crippen molar-refractivity contribution >= 4 is 43.9 Å². The average molecular weight is 371 g/mol. The second-order valence-electron chi connectivity index (χ2n) is 3.61. The maximum Gasteiger partial charge on any atom is 2.00 e. The Morgan fingerprint density at radius 3 is 1.09 bits per heavy atom. The Morgan fingerprint density at radius 1 is 0.609 bits per heavy atom. The largest absolute Gasteiger partial charge is 2.00 e. The van der Waals surface area contributed by atoms with Crippen molar-refractivity contribution < 1.29 is 34.3 Å². The molecule has 0 aromatic heterocycles. The molecule has 0 atom stereocenters. The van der Waals surface area contributed by atoms with E-state index in [1.165, 1.54) is 24.3 Å². The number of hydrogen-bond donors (Lipinski definition) is 0. The molecule has 11 heteroatoms. The Balaban J connectivity index is 0.000000403. The van der Waals surface area contributed by atoms with Gasteiger partial charge < -0.3 is 17.5 Å². The summed E-state index contributed by atoms with van der Waals surface area (Å²) < 4.78 is 68.2. The fourth-order valence-electron chi connectivity index (χ4n) is 1.19. The predicted molar refractivity (Wildman–Crippen MR) is 79.3 cm³/mol. The topological polar surface area (TPSA) is 133 Å². The molecule has 0 amide bonds. The Labute approximate surface area is 150 Å². The summed E-state index contributed by atoms with van der Waals surface area (Å²) in [6.07, 6.45) is 0. The molecule has 23 heavy (non-hydrogen) atoms. The van der Waals surface area contributed by atoms with Crippen molar-refractivity contribution in [3.8, 4) is 11.5 Å². The van der Waals surface area contributed by atoms with Crippen molar-refractivity contribution in [3.63, 3.8) is 0 Å². The van der Waals surface area contributed by atoms with Crippen LogP contribution in [-0.4, -0.2) is 49.0 Å². The van der Waals surface area contributed by atoms with Gasteiger partial charge >= 0.3 is 23.1 Å². The van der Waals surface area contributed by atoms with Gasteiger partial charge in [-0.15, -0.1) is 0 Å². The van der Waals surface area contributed by atoms with E-state index in [1.54, 1.807) is 36.4 Å². The minimum absolute atomic E-state index is 0. The minimum atomic E-state index is -4.63. The van der Waals surface area contributed by atoms with Gasteiger partial charge in [-0.2, -0.15) is 0 Å². The summed E-state index contributed by atoms with van der Waals surface area (Å²) in [6.45, 7) is 0. The van der Waals surface area contributed by atoms with Crippen LogP contribution in [0.2, 0.25) is 0 Å². The fourth-order valence-corrected chi connectivity index (χ4v) is 1.88. The van der Waals surface area contributed by atoms with Gasteiger partial charge in [0.1, 0.15) is 11.5 Å². The SMILES string of the molecule is O=S(=O)([O-])Oc1ccccc1.O=S(=O)([O-])Oc1ccccc1.[Mg+2]. The minimum Gasteiger partial charge on any atom is -0.716 e. The number of para-hydroxylation sites is 2. The first-order valence-corrected chi connectivity index (χ1v) is 8.23. The van der Waals surface area contributed by atoms with Crippen LogP contribution < -0.4 is 8.37 Å². The van der Waals surface area contributed by atoms with E-state index in [4.69, 9.17) is 0 Å². The van der Waals surface area contributed by atoms with Crippen LogP contribution in [0.4, 0.5) is 0 Å². The van der Waals surface area contributed by atoms with Gasteiger partial charge in [0.05, 0.1) is 0 Å². The van der Waals surface area contributed by atoms with Crippen molar-refractivity contribution in [2.24, 2.45) is 0 Å². The van der Waals surface area contributed by atoms with E-state index in [0.717, 1.165) is 0 Å². The van der Waals surface area contributed by atoms with Crippen LogP contribution in [0, 0.1) is 0 Å². The quantitative estimate of drug-likeness (QED) is 0.435. The van der Waals surface area contributed by atoms with Crippen LogP contribution in [-0.2, 0) is 20.8 Å². The Kier molecular flexibility index (Phi) is 9.12. The summed E-state index contributed by atoms with van der Waals surface area (Å²) >= 11 is 0. The maximum absolute atomic E-state index is 10.0. The summed E-state index contributed by atoms with van der Waals surface area (Å²) in [5.41, 5.74) is 0. The third-order valence-corrected chi connectivity index (χ3v) is 2.68. The first-order valence-electron chi connectivity index (χ1n) is 5.56. The molecule has 120 valence electrons. The van der Waals surface area contributed by atoms with Gasteiger partial charge in [-0.1, -0.05) is 36.4 Å². The predicted octanol–water partition coefficient (Wildman–Crippen LogP) is 0.670. The molecule has 0 aliphatic rings. The first kappa shape index (κ1) is 21.6. The van der Waals surface area contributed by atoms with E-state index in [9.17, 15) is 25.9 Å². The number of rotatable bonds is 4. The Morgan fingerprint density at radius 2 is 0.870 bits per heavy atom. The van der Waals surface area contributed by atoms with E-state index >= 15 is 0 Å². The van der Waals surface area contributed by atoms with E-state index in [0.29, 0.717) is 0 Å². The first-order chi connectivity index (χ1) is 10.2. The third-order valence-electron chi connectivity index (χ3n) is 1.88. The molecular formula is C12H10MgO8S2. The van der Waals surface area contributed by atoms with Crippen molar-refractivity contribution in [2.45, 2.75) is 0 Å². The van der Waals surface area contributed by atoms with Gasteiger partial charge in [0.25, 0.3) is 20.8 Å². The van der Waals surface area contributed by atoms with E-state index < -0.39 is 20.8 Å². The third kappa shape index (κ3) is 11.8. The molecule has 2 aromatic rings. The molecule has 2 aromatic carbocycles. The molecule has 2 rings (SSSR count). The van der Waals surface area contributed by atoms with Crippen LogP contribution in [0.5, 0.6) is 11.5 Å². The van der Waals surface area contributed by atoms with Crippen molar-refractivity contribution in [1.29, 1.82) is 0 Å². The van der Waals surface area contributed by atoms with Gasteiger partial charge in [-0.3, -0.25) is 0 Å². The van der Waals surface area contributed by atoms with Gasteiger partial charge in [0.2, 0.25) is 0 Å². The van der Waals surface area contributed by atoms with Crippen molar-refractivity contribution in [2.75, 3.05) is 0 Å². The summed E-state index contributed by atoms with van der Waals surface area (Å²) in [7, 11) is -9.25. The van der Waals surface area contributed by atoms with E-state index in [1.807, 2.05) is 0 Å². The van der Waals surface area contributed by atoms with Gasteiger partial charge in [-0.25, -0.2) is 16.8 Å².